The Morgan fingerprint density at radius 2 is 1.74 bits per heavy atom. The molecule has 0 fully saturated rings. The van der Waals surface area contributed by atoms with Crippen molar-refractivity contribution in [3.8, 4) is 5.75 Å². The molecule has 0 heterocycles. The van der Waals surface area contributed by atoms with E-state index >= 15 is 0 Å². The van der Waals surface area contributed by atoms with Crippen LogP contribution in [0.3, 0.4) is 0 Å². The number of alkyl halides is 2. The van der Waals surface area contributed by atoms with E-state index in [4.69, 9.17) is 53.8 Å². The molecule has 0 spiro atoms. The second-order valence-corrected chi connectivity index (χ2v) is 9.91. The Bertz CT molecular complexity index is 941. The van der Waals surface area contributed by atoms with E-state index in [-0.39, 0.29) is 31.1 Å². The molecule has 1 aromatic rings. The average molecular weight is 550 g/mol. The van der Waals surface area contributed by atoms with Crippen molar-refractivity contribution in [2.45, 2.75) is 57.1 Å². The first-order chi connectivity index (χ1) is 16.4. The molecule has 10 heteroatoms. The van der Waals surface area contributed by atoms with Crippen molar-refractivity contribution >= 4 is 46.7 Å². The normalized spacial score (nSPS) is 17.8. The number of ether oxygens (including phenoxy) is 4. The SMILES string of the molecule is CC(=O)OC[C@H](COc1ccc(C(C)(C)C2=CC(Cl)=C(OC[C@@H](O)CCl)C(Cl)C2)cc1)OC(C)=O. The van der Waals surface area contributed by atoms with Gasteiger partial charge in [0.05, 0.1) is 16.3 Å². The van der Waals surface area contributed by atoms with Crippen LogP contribution >= 0.6 is 34.8 Å². The van der Waals surface area contributed by atoms with Gasteiger partial charge in [0.2, 0.25) is 0 Å². The molecule has 2 rings (SSSR count). The number of carbonyl (C=O) groups is 2. The molecule has 0 bridgehead atoms. The third-order valence-electron chi connectivity index (χ3n) is 5.45. The van der Waals surface area contributed by atoms with E-state index in [0.29, 0.717) is 23.0 Å². The molecule has 0 aliphatic heterocycles. The number of allylic oxidation sites excluding steroid dienone is 4. The lowest BCUT2D eigenvalue weighted by Gasteiger charge is -2.33. The summed E-state index contributed by atoms with van der Waals surface area (Å²) < 4.78 is 21.4. The molecular weight excluding hydrogens is 519 g/mol. The first kappa shape index (κ1) is 29.3. The highest BCUT2D eigenvalue weighted by atomic mass is 35.5. The molecule has 1 N–H and O–H groups in total. The zero-order chi connectivity index (χ0) is 26.2. The smallest absolute Gasteiger partial charge is 0.303 e. The molecule has 3 atom stereocenters. The molecule has 7 nitrogen and oxygen atoms in total. The summed E-state index contributed by atoms with van der Waals surface area (Å²) in [6.45, 7) is 6.68. The minimum absolute atomic E-state index is 0.0193. The fourth-order valence-corrected chi connectivity index (χ4v) is 4.26. The fourth-order valence-electron chi connectivity index (χ4n) is 3.45. The summed E-state index contributed by atoms with van der Waals surface area (Å²) in [5.74, 6) is 0.104. The van der Waals surface area contributed by atoms with E-state index in [1.54, 1.807) is 0 Å². The number of esters is 2. The Labute approximate surface area is 220 Å². The van der Waals surface area contributed by atoms with Gasteiger partial charge in [-0.3, -0.25) is 9.59 Å². The van der Waals surface area contributed by atoms with Gasteiger partial charge in [-0.15, -0.1) is 23.2 Å². The van der Waals surface area contributed by atoms with Gasteiger partial charge in [0, 0.05) is 19.3 Å². The second kappa shape index (κ2) is 13.4. The largest absolute Gasteiger partial charge is 0.492 e. The summed E-state index contributed by atoms with van der Waals surface area (Å²) in [6.07, 6.45) is 0.865. The fraction of sp³-hybridized carbons (Fsp3) is 0.520. The van der Waals surface area contributed by atoms with Gasteiger partial charge in [0.1, 0.15) is 37.4 Å². The van der Waals surface area contributed by atoms with Crippen LogP contribution in [0.25, 0.3) is 0 Å². The lowest BCUT2D eigenvalue weighted by molar-refractivity contribution is -0.158. The molecular formula is C25H31Cl3O7. The maximum absolute atomic E-state index is 11.3. The number of aliphatic hydroxyl groups is 1. The number of hydrogen-bond acceptors (Lipinski definition) is 7. The van der Waals surface area contributed by atoms with Crippen molar-refractivity contribution in [1.29, 1.82) is 0 Å². The zero-order valence-electron chi connectivity index (χ0n) is 20.2. The van der Waals surface area contributed by atoms with Crippen LogP contribution in [0.15, 0.2) is 46.7 Å². The lowest BCUT2D eigenvalue weighted by Crippen LogP contribution is -2.30. The van der Waals surface area contributed by atoms with Crippen LogP contribution in [0.5, 0.6) is 5.75 Å². The Morgan fingerprint density at radius 3 is 2.29 bits per heavy atom. The Balaban J connectivity index is 2.09. The van der Waals surface area contributed by atoms with Gasteiger partial charge < -0.3 is 24.1 Å². The van der Waals surface area contributed by atoms with Crippen LogP contribution in [0.2, 0.25) is 0 Å². The number of benzene rings is 1. The van der Waals surface area contributed by atoms with Crippen molar-refractivity contribution in [3.05, 3.63) is 52.3 Å². The predicted octanol–water partition coefficient (Wildman–Crippen LogP) is 4.84. The minimum atomic E-state index is -0.800. The number of halogens is 3. The first-order valence-electron chi connectivity index (χ1n) is 11.1. The van der Waals surface area contributed by atoms with E-state index in [0.717, 1.165) is 11.1 Å². The van der Waals surface area contributed by atoms with Crippen molar-refractivity contribution in [3.63, 3.8) is 0 Å². The minimum Gasteiger partial charge on any atom is -0.492 e. The van der Waals surface area contributed by atoms with Gasteiger partial charge in [-0.1, -0.05) is 43.2 Å². The van der Waals surface area contributed by atoms with Crippen molar-refractivity contribution < 1.29 is 33.6 Å². The van der Waals surface area contributed by atoms with Crippen LogP contribution in [-0.2, 0) is 29.2 Å². The number of rotatable bonds is 12. The molecule has 35 heavy (non-hydrogen) atoms. The van der Waals surface area contributed by atoms with E-state index < -0.39 is 29.5 Å². The van der Waals surface area contributed by atoms with Gasteiger partial charge in [-0.2, -0.15) is 0 Å². The summed E-state index contributed by atoms with van der Waals surface area (Å²) in [4.78, 5) is 22.3. The molecule has 1 aromatic carbocycles. The summed E-state index contributed by atoms with van der Waals surface area (Å²) in [7, 11) is 0. The molecule has 194 valence electrons. The summed E-state index contributed by atoms with van der Waals surface area (Å²) in [5, 5.41) is 9.56. The van der Waals surface area contributed by atoms with E-state index in [9.17, 15) is 14.7 Å². The van der Waals surface area contributed by atoms with Gasteiger partial charge in [0.15, 0.2) is 6.10 Å². The molecule has 0 saturated carbocycles. The number of carbonyl (C=O) groups excluding carboxylic acids is 2. The number of hydrogen-bond donors (Lipinski definition) is 1. The summed E-state index contributed by atoms with van der Waals surface area (Å²) >= 11 is 18.6. The summed E-state index contributed by atoms with van der Waals surface area (Å²) in [5.41, 5.74) is 1.66. The summed E-state index contributed by atoms with van der Waals surface area (Å²) in [6, 6.07) is 7.50. The lowest BCUT2D eigenvalue weighted by atomic mass is 9.74. The molecule has 0 amide bonds. The monoisotopic (exact) mass is 548 g/mol. The number of aliphatic hydroxyl groups excluding tert-OH is 1. The average Bonchev–Trinajstić information content (AvgIpc) is 2.79. The standard InChI is InChI=1S/C25H31Cl3O7/c1-15(29)32-13-21(35-16(2)30)14-33-20-7-5-17(6-8-20)25(3,4)18-9-22(27)24(23(28)10-18)34-12-19(31)11-26/h5-9,19,21,23,31H,10-14H2,1-4H3/t19-,21+,23?/m0/s1. The van der Waals surface area contributed by atoms with Crippen LogP contribution in [0, 0.1) is 0 Å². The zero-order valence-corrected chi connectivity index (χ0v) is 22.5. The maximum Gasteiger partial charge on any atom is 0.303 e. The second-order valence-electron chi connectivity index (χ2n) is 8.67. The van der Waals surface area contributed by atoms with Gasteiger partial charge in [-0.05, 0) is 30.2 Å². The highest BCUT2D eigenvalue weighted by Gasteiger charge is 2.33. The van der Waals surface area contributed by atoms with E-state index in [1.807, 2.05) is 30.3 Å². The molecule has 0 radical (unpaired) electrons. The van der Waals surface area contributed by atoms with Crippen LogP contribution in [-0.4, -0.2) is 60.3 Å². The molecule has 1 unspecified atom stereocenters. The van der Waals surface area contributed by atoms with E-state index in [2.05, 4.69) is 13.8 Å². The van der Waals surface area contributed by atoms with Crippen molar-refractivity contribution in [2.24, 2.45) is 0 Å². The van der Waals surface area contributed by atoms with Gasteiger partial charge in [0.25, 0.3) is 0 Å². The Morgan fingerprint density at radius 1 is 1.09 bits per heavy atom. The predicted molar refractivity (Wildman–Crippen MR) is 135 cm³/mol. The quantitative estimate of drug-likeness (QED) is 0.295. The highest BCUT2D eigenvalue weighted by molar-refractivity contribution is 6.33. The molecule has 1 aliphatic carbocycles. The highest BCUT2D eigenvalue weighted by Crippen LogP contribution is 2.41. The topological polar surface area (TPSA) is 91.3 Å². The van der Waals surface area contributed by atoms with Crippen LogP contribution < -0.4 is 4.74 Å². The first-order valence-corrected chi connectivity index (χ1v) is 12.4. The van der Waals surface area contributed by atoms with Crippen LogP contribution in [0.4, 0.5) is 0 Å². The molecule has 0 aromatic heterocycles. The third kappa shape index (κ3) is 8.90. The van der Waals surface area contributed by atoms with Crippen molar-refractivity contribution in [1.82, 2.24) is 0 Å². The molecule has 1 aliphatic rings. The van der Waals surface area contributed by atoms with E-state index in [1.165, 1.54) is 13.8 Å². The third-order valence-corrected chi connectivity index (χ3v) is 6.45. The Hall–Kier alpha value is -1.93. The van der Waals surface area contributed by atoms with Gasteiger partial charge in [-0.25, -0.2) is 0 Å². The molecule has 0 saturated heterocycles. The Kier molecular flexibility index (Phi) is 11.2. The van der Waals surface area contributed by atoms with Gasteiger partial charge >= 0.3 is 11.9 Å². The van der Waals surface area contributed by atoms with Crippen molar-refractivity contribution in [2.75, 3.05) is 25.7 Å². The maximum atomic E-state index is 11.3. The van der Waals surface area contributed by atoms with Crippen LogP contribution in [0.1, 0.15) is 39.7 Å².